The lowest BCUT2D eigenvalue weighted by atomic mass is 9.94. The van der Waals surface area contributed by atoms with Crippen molar-refractivity contribution in [3.05, 3.63) is 34.9 Å². The molecule has 1 unspecified atom stereocenters. The molecule has 1 aliphatic rings. The van der Waals surface area contributed by atoms with E-state index < -0.39 is 23.1 Å². The molecule has 110 valence electrons. The summed E-state index contributed by atoms with van der Waals surface area (Å²) in [6.07, 6.45) is 2.34. The minimum absolute atomic E-state index is 0.0693. The van der Waals surface area contributed by atoms with Gasteiger partial charge in [0.05, 0.1) is 0 Å². The highest BCUT2D eigenvalue weighted by Gasteiger charge is 2.28. The lowest BCUT2D eigenvalue weighted by molar-refractivity contribution is 0.0643. The van der Waals surface area contributed by atoms with E-state index in [0.29, 0.717) is 19.5 Å². The fourth-order valence-electron chi connectivity index (χ4n) is 2.68. The number of aryl methyl sites for hydroxylation is 1. The molecule has 1 atom stereocenters. The van der Waals surface area contributed by atoms with Gasteiger partial charge in [-0.25, -0.2) is 8.78 Å². The van der Waals surface area contributed by atoms with Crippen molar-refractivity contribution in [2.24, 2.45) is 5.92 Å². The monoisotopic (exact) mass is 283 g/mol. The molecule has 5 heteroatoms. The number of hydrogen-bond acceptors (Lipinski definition) is 2. The zero-order valence-corrected chi connectivity index (χ0v) is 11.5. The van der Waals surface area contributed by atoms with Crippen LogP contribution in [0.15, 0.2) is 12.1 Å². The molecule has 1 aromatic rings. The molecule has 1 saturated heterocycles. The SMILES string of the molecule is Cc1ccc(F)c(C(=O)N2CCCC(CCO)C2)c1F. The van der Waals surface area contributed by atoms with Crippen LogP contribution in [-0.4, -0.2) is 35.6 Å². The summed E-state index contributed by atoms with van der Waals surface area (Å²) in [5.74, 6) is -1.98. The molecule has 1 aliphatic heterocycles. The molecular formula is C15H19F2NO2. The molecule has 1 fully saturated rings. The molecule has 3 nitrogen and oxygen atoms in total. The number of amides is 1. The van der Waals surface area contributed by atoms with Crippen molar-refractivity contribution >= 4 is 5.91 Å². The van der Waals surface area contributed by atoms with Crippen LogP contribution in [0, 0.1) is 24.5 Å². The summed E-state index contributed by atoms with van der Waals surface area (Å²) in [5, 5.41) is 8.96. The second-order valence-electron chi connectivity index (χ2n) is 5.32. The third-order valence-corrected chi connectivity index (χ3v) is 3.84. The van der Waals surface area contributed by atoms with Crippen LogP contribution in [0.25, 0.3) is 0 Å². The quantitative estimate of drug-likeness (QED) is 0.926. The number of nitrogens with zero attached hydrogens (tertiary/aromatic N) is 1. The van der Waals surface area contributed by atoms with Gasteiger partial charge < -0.3 is 10.0 Å². The van der Waals surface area contributed by atoms with E-state index in [9.17, 15) is 13.6 Å². The minimum Gasteiger partial charge on any atom is -0.396 e. The van der Waals surface area contributed by atoms with E-state index >= 15 is 0 Å². The van der Waals surface area contributed by atoms with Crippen molar-refractivity contribution in [2.45, 2.75) is 26.2 Å². The lowest BCUT2D eigenvalue weighted by Gasteiger charge is -2.32. The van der Waals surface area contributed by atoms with Gasteiger partial charge in [0.2, 0.25) is 0 Å². The Morgan fingerprint density at radius 3 is 2.90 bits per heavy atom. The first-order chi connectivity index (χ1) is 9.54. The number of aliphatic hydroxyl groups is 1. The maximum Gasteiger partial charge on any atom is 0.259 e. The van der Waals surface area contributed by atoms with Crippen LogP contribution in [-0.2, 0) is 0 Å². The summed E-state index contributed by atoms with van der Waals surface area (Å²) in [7, 11) is 0. The third-order valence-electron chi connectivity index (χ3n) is 3.84. The number of piperidine rings is 1. The summed E-state index contributed by atoms with van der Waals surface area (Å²) in [5.41, 5.74) is -0.201. The predicted octanol–water partition coefficient (Wildman–Crippen LogP) is 2.51. The molecule has 0 bridgehead atoms. The zero-order chi connectivity index (χ0) is 14.7. The Morgan fingerprint density at radius 2 is 2.20 bits per heavy atom. The predicted molar refractivity (Wildman–Crippen MR) is 71.4 cm³/mol. The van der Waals surface area contributed by atoms with E-state index in [1.165, 1.54) is 17.9 Å². The van der Waals surface area contributed by atoms with Gasteiger partial charge in [-0.15, -0.1) is 0 Å². The number of halogens is 2. The highest BCUT2D eigenvalue weighted by molar-refractivity contribution is 5.95. The van der Waals surface area contributed by atoms with Gasteiger partial charge in [0.15, 0.2) is 0 Å². The Morgan fingerprint density at radius 1 is 1.45 bits per heavy atom. The largest absolute Gasteiger partial charge is 0.396 e. The fourth-order valence-corrected chi connectivity index (χ4v) is 2.68. The molecule has 0 aromatic heterocycles. The minimum atomic E-state index is -0.817. The number of hydrogen-bond donors (Lipinski definition) is 1. The Kier molecular flexibility index (Phi) is 4.70. The molecule has 0 saturated carbocycles. The number of rotatable bonds is 3. The first-order valence-electron chi connectivity index (χ1n) is 6.89. The molecule has 20 heavy (non-hydrogen) atoms. The maximum absolute atomic E-state index is 14.0. The van der Waals surface area contributed by atoms with Crippen molar-refractivity contribution in [1.29, 1.82) is 0 Å². The number of carbonyl (C=O) groups is 1. The van der Waals surface area contributed by atoms with Crippen molar-refractivity contribution in [2.75, 3.05) is 19.7 Å². The van der Waals surface area contributed by atoms with Crippen LogP contribution in [0.4, 0.5) is 8.78 Å². The van der Waals surface area contributed by atoms with Gasteiger partial charge in [0.25, 0.3) is 5.91 Å². The van der Waals surface area contributed by atoms with Gasteiger partial charge in [0.1, 0.15) is 17.2 Å². The normalized spacial score (nSPS) is 19.2. The van der Waals surface area contributed by atoms with Crippen LogP contribution in [0.3, 0.4) is 0 Å². The van der Waals surface area contributed by atoms with E-state index in [-0.39, 0.29) is 18.1 Å². The molecule has 0 radical (unpaired) electrons. The Hall–Kier alpha value is -1.49. The number of likely N-dealkylation sites (tertiary alicyclic amines) is 1. The van der Waals surface area contributed by atoms with Gasteiger partial charge >= 0.3 is 0 Å². The van der Waals surface area contributed by atoms with Crippen molar-refractivity contribution in [1.82, 2.24) is 4.90 Å². The average Bonchev–Trinajstić information content (AvgIpc) is 2.44. The molecule has 0 aliphatic carbocycles. The fraction of sp³-hybridized carbons (Fsp3) is 0.533. The van der Waals surface area contributed by atoms with Crippen LogP contribution in [0.2, 0.25) is 0 Å². The molecule has 1 aromatic carbocycles. The van der Waals surface area contributed by atoms with Gasteiger partial charge in [0, 0.05) is 19.7 Å². The van der Waals surface area contributed by atoms with Crippen molar-refractivity contribution in [3.8, 4) is 0 Å². The smallest absolute Gasteiger partial charge is 0.259 e. The molecule has 0 spiro atoms. The van der Waals surface area contributed by atoms with E-state index in [4.69, 9.17) is 5.11 Å². The van der Waals surface area contributed by atoms with Gasteiger partial charge in [-0.3, -0.25) is 4.79 Å². The second kappa shape index (κ2) is 6.31. The summed E-state index contributed by atoms with van der Waals surface area (Å²) in [4.78, 5) is 13.8. The topological polar surface area (TPSA) is 40.5 Å². The first kappa shape index (κ1) is 14.9. The standard InChI is InChI=1S/C15H19F2NO2/c1-10-4-5-12(16)13(14(10)17)15(20)18-7-2-3-11(9-18)6-8-19/h4-5,11,19H,2-3,6-9H2,1H3. The first-order valence-corrected chi connectivity index (χ1v) is 6.89. The Labute approximate surface area is 117 Å². The zero-order valence-electron chi connectivity index (χ0n) is 11.5. The molecule has 1 heterocycles. The number of benzene rings is 1. The van der Waals surface area contributed by atoms with E-state index in [1.807, 2.05) is 0 Å². The highest BCUT2D eigenvalue weighted by Crippen LogP contribution is 2.24. The number of carbonyl (C=O) groups excluding carboxylic acids is 1. The van der Waals surface area contributed by atoms with Gasteiger partial charge in [-0.1, -0.05) is 6.07 Å². The van der Waals surface area contributed by atoms with E-state index in [1.54, 1.807) is 0 Å². The summed E-state index contributed by atoms with van der Waals surface area (Å²) in [6, 6.07) is 2.45. The molecule has 1 amide bonds. The lowest BCUT2D eigenvalue weighted by Crippen LogP contribution is -2.41. The molecule has 1 N–H and O–H groups in total. The Balaban J connectivity index is 2.21. The third kappa shape index (κ3) is 2.98. The Bertz CT molecular complexity index is 503. The average molecular weight is 283 g/mol. The summed E-state index contributed by atoms with van der Waals surface area (Å²) < 4.78 is 27.7. The molecular weight excluding hydrogens is 264 g/mol. The van der Waals surface area contributed by atoms with Crippen molar-refractivity contribution in [3.63, 3.8) is 0 Å². The van der Waals surface area contributed by atoms with Crippen molar-refractivity contribution < 1.29 is 18.7 Å². The van der Waals surface area contributed by atoms with Crippen LogP contribution >= 0.6 is 0 Å². The summed E-state index contributed by atoms with van der Waals surface area (Å²) >= 11 is 0. The van der Waals surface area contributed by atoms with Gasteiger partial charge in [-0.05, 0) is 43.7 Å². The van der Waals surface area contributed by atoms with Crippen LogP contribution in [0.5, 0.6) is 0 Å². The summed E-state index contributed by atoms with van der Waals surface area (Å²) in [6.45, 7) is 2.54. The number of aliphatic hydroxyl groups excluding tert-OH is 1. The second-order valence-corrected chi connectivity index (χ2v) is 5.32. The molecule has 2 rings (SSSR count). The van der Waals surface area contributed by atoms with Crippen LogP contribution in [0.1, 0.15) is 35.2 Å². The maximum atomic E-state index is 14.0. The van der Waals surface area contributed by atoms with E-state index in [0.717, 1.165) is 18.9 Å². The van der Waals surface area contributed by atoms with E-state index in [2.05, 4.69) is 0 Å². The van der Waals surface area contributed by atoms with Crippen LogP contribution < -0.4 is 0 Å². The van der Waals surface area contributed by atoms with Gasteiger partial charge in [-0.2, -0.15) is 0 Å². The highest BCUT2D eigenvalue weighted by atomic mass is 19.1.